The normalized spacial score (nSPS) is 11.6. The SMILES string of the molecule is COc1ccc(NS(=O)(=O)c2cc3oc(=O)n(C)c3cc2Cl)cc1. The maximum atomic E-state index is 12.6. The second-order valence-electron chi connectivity index (χ2n) is 5.01. The molecule has 0 aliphatic heterocycles. The van der Waals surface area contributed by atoms with Gasteiger partial charge in [0, 0.05) is 18.8 Å². The van der Waals surface area contributed by atoms with Gasteiger partial charge >= 0.3 is 5.76 Å². The smallest absolute Gasteiger partial charge is 0.419 e. The van der Waals surface area contributed by atoms with Crippen molar-refractivity contribution >= 4 is 38.4 Å². The first kappa shape index (κ1) is 16.4. The Balaban J connectivity index is 2.03. The summed E-state index contributed by atoms with van der Waals surface area (Å²) in [5, 5.41) is -0.0140. The van der Waals surface area contributed by atoms with E-state index in [1.807, 2.05) is 0 Å². The average Bonchev–Trinajstić information content (AvgIpc) is 2.81. The van der Waals surface area contributed by atoms with Crippen molar-refractivity contribution in [2.75, 3.05) is 11.8 Å². The number of aryl methyl sites for hydroxylation is 1. The molecule has 0 atom stereocenters. The molecule has 0 saturated heterocycles. The second-order valence-corrected chi connectivity index (χ2v) is 7.07. The minimum atomic E-state index is -3.95. The van der Waals surface area contributed by atoms with Crippen LogP contribution in [-0.2, 0) is 17.1 Å². The first-order valence-electron chi connectivity index (χ1n) is 6.78. The van der Waals surface area contributed by atoms with Crippen LogP contribution in [0.2, 0.25) is 5.02 Å². The molecule has 126 valence electrons. The van der Waals surface area contributed by atoms with Crippen LogP contribution in [-0.4, -0.2) is 20.1 Å². The van der Waals surface area contributed by atoms with Gasteiger partial charge < -0.3 is 9.15 Å². The number of fused-ring (bicyclic) bond motifs is 1. The highest BCUT2D eigenvalue weighted by molar-refractivity contribution is 7.92. The number of hydrogen-bond donors (Lipinski definition) is 1. The third-order valence-electron chi connectivity index (χ3n) is 3.48. The fraction of sp³-hybridized carbons (Fsp3) is 0.133. The van der Waals surface area contributed by atoms with Crippen LogP contribution in [0.5, 0.6) is 5.75 Å². The lowest BCUT2D eigenvalue weighted by atomic mass is 10.3. The summed E-state index contributed by atoms with van der Waals surface area (Å²) in [7, 11) is -0.929. The number of nitrogens with one attached hydrogen (secondary N) is 1. The molecule has 1 heterocycles. The number of hydrogen-bond acceptors (Lipinski definition) is 5. The van der Waals surface area contributed by atoms with Gasteiger partial charge in [-0.25, -0.2) is 13.2 Å². The highest BCUT2D eigenvalue weighted by Crippen LogP contribution is 2.29. The Morgan fingerprint density at radius 1 is 1.21 bits per heavy atom. The van der Waals surface area contributed by atoms with E-state index < -0.39 is 15.8 Å². The molecule has 0 radical (unpaired) electrons. The van der Waals surface area contributed by atoms with E-state index in [1.165, 1.54) is 30.9 Å². The monoisotopic (exact) mass is 368 g/mol. The van der Waals surface area contributed by atoms with Gasteiger partial charge in [0.15, 0.2) is 5.58 Å². The van der Waals surface area contributed by atoms with Gasteiger partial charge in [0.25, 0.3) is 10.0 Å². The molecule has 3 aromatic rings. The molecule has 0 unspecified atom stereocenters. The summed E-state index contributed by atoms with van der Waals surface area (Å²) < 4.78 is 38.8. The highest BCUT2D eigenvalue weighted by Gasteiger charge is 2.21. The maximum absolute atomic E-state index is 12.6. The molecule has 0 amide bonds. The number of anilines is 1. The number of rotatable bonds is 4. The number of halogens is 1. The molecule has 9 heteroatoms. The quantitative estimate of drug-likeness (QED) is 0.764. The first-order valence-corrected chi connectivity index (χ1v) is 8.64. The lowest BCUT2D eigenvalue weighted by molar-refractivity contribution is 0.415. The summed E-state index contributed by atoms with van der Waals surface area (Å²) in [5.41, 5.74) is 0.900. The molecule has 7 nitrogen and oxygen atoms in total. The van der Waals surface area contributed by atoms with E-state index in [4.69, 9.17) is 20.8 Å². The summed E-state index contributed by atoms with van der Waals surface area (Å²) in [6.45, 7) is 0. The Hall–Kier alpha value is -2.45. The molecular weight excluding hydrogens is 356 g/mol. The van der Waals surface area contributed by atoms with Crippen LogP contribution in [0.4, 0.5) is 5.69 Å². The molecule has 0 spiro atoms. The largest absolute Gasteiger partial charge is 0.497 e. The zero-order chi connectivity index (χ0) is 17.5. The first-order chi connectivity index (χ1) is 11.3. The van der Waals surface area contributed by atoms with E-state index in [0.717, 1.165) is 0 Å². The van der Waals surface area contributed by atoms with Gasteiger partial charge in [-0.2, -0.15) is 0 Å². The van der Waals surface area contributed by atoms with E-state index in [-0.39, 0.29) is 15.5 Å². The summed E-state index contributed by atoms with van der Waals surface area (Å²) >= 11 is 6.09. The lowest BCUT2D eigenvalue weighted by Gasteiger charge is -2.10. The molecule has 0 aliphatic carbocycles. The molecule has 1 aromatic heterocycles. The van der Waals surface area contributed by atoms with Gasteiger partial charge in [-0.3, -0.25) is 9.29 Å². The topological polar surface area (TPSA) is 90.5 Å². The number of sulfonamides is 1. The van der Waals surface area contributed by atoms with Crippen molar-refractivity contribution in [3.05, 3.63) is 52.0 Å². The second kappa shape index (κ2) is 5.88. The van der Waals surface area contributed by atoms with Crippen LogP contribution in [0, 0.1) is 0 Å². The molecule has 2 aromatic carbocycles. The van der Waals surface area contributed by atoms with E-state index in [1.54, 1.807) is 24.3 Å². The molecule has 0 aliphatic rings. The predicted molar refractivity (Wildman–Crippen MR) is 90.3 cm³/mol. The number of benzene rings is 2. The van der Waals surface area contributed by atoms with Crippen molar-refractivity contribution in [2.45, 2.75) is 4.90 Å². The average molecular weight is 369 g/mol. The van der Waals surface area contributed by atoms with Crippen LogP contribution in [0.1, 0.15) is 0 Å². The van der Waals surface area contributed by atoms with Gasteiger partial charge in [-0.05, 0) is 30.3 Å². The van der Waals surface area contributed by atoms with E-state index >= 15 is 0 Å². The van der Waals surface area contributed by atoms with E-state index in [0.29, 0.717) is 17.0 Å². The van der Waals surface area contributed by atoms with Crippen LogP contribution in [0.25, 0.3) is 11.1 Å². The number of nitrogens with zero attached hydrogens (tertiary/aromatic N) is 1. The number of oxazole rings is 1. The van der Waals surface area contributed by atoms with Gasteiger partial charge in [0.05, 0.1) is 17.6 Å². The Kier molecular flexibility index (Phi) is 4.02. The fourth-order valence-corrected chi connectivity index (χ4v) is 3.80. The fourth-order valence-electron chi connectivity index (χ4n) is 2.20. The Morgan fingerprint density at radius 2 is 1.88 bits per heavy atom. The zero-order valence-electron chi connectivity index (χ0n) is 12.7. The standard InChI is InChI=1S/C15H13ClN2O5S/c1-18-12-7-11(16)14(8-13(12)23-15(18)19)24(20,21)17-9-3-5-10(22-2)6-4-9/h3-8,17H,1-2H3. The van der Waals surface area contributed by atoms with Crippen molar-refractivity contribution in [1.82, 2.24) is 4.57 Å². The Morgan fingerprint density at radius 3 is 2.50 bits per heavy atom. The van der Waals surface area contributed by atoms with Crippen molar-refractivity contribution in [3.63, 3.8) is 0 Å². The summed E-state index contributed by atoms with van der Waals surface area (Å²) in [6, 6.07) is 8.98. The summed E-state index contributed by atoms with van der Waals surface area (Å²) in [5.74, 6) is 0.00203. The summed E-state index contributed by atoms with van der Waals surface area (Å²) in [4.78, 5) is 11.4. The van der Waals surface area contributed by atoms with Crippen LogP contribution in [0.15, 0.2) is 50.5 Å². The zero-order valence-corrected chi connectivity index (χ0v) is 14.3. The van der Waals surface area contributed by atoms with Crippen molar-refractivity contribution in [1.29, 1.82) is 0 Å². The predicted octanol–water partition coefficient (Wildman–Crippen LogP) is 2.59. The number of methoxy groups -OCH3 is 1. The van der Waals surface area contributed by atoms with Crippen molar-refractivity contribution in [2.24, 2.45) is 7.05 Å². The molecule has 3 rings (SSSR count). The summed E-state index contributed by atoms with van der Waals surface area (Å²) in [6.07, 6.45) is 0. The lowest BCUT2D eigenvalue weighted by Crippen LogP contribution is -2.13. The van der Waals surface area contributed by atoms with Crippen molar-refractivity contribution in [3.8, 4) is 5.75 Å². The molecule has 0 fully saturated rings. The van der Waals surface area contributed by atoms with Crippen LogP contribution in [0.3, 0.4) is 0 Å². The minimum absolute atomic E-state index is 0.0140. The van der Waals surface area contributed by atoms with Gasteiger partial charge in [0.1, 0.15) is 10.6 Å². The third kappa shape index (κ3) is 2.85. The minimum Gasteiger partial charge on any atom is -0.497 e. The third-order valence-corrected chi connectivity index (χ3v) is 5.32. The molecule has 0 saturated carbocycles. The number of ether oxygens (including phenoxy) is 1. The van der Waals surface area contributed by atoms with E-state index in [9.17, 15) is 13.2 Å². The van der Waals surface area contributed by atoms with Crippen molar-refractivity contribution < 1.29 is 17.6 Å². The Bertz CT molecular complexity index is 1070. The molecule has 1 N–H and O–H groups in total. The van der Waals surface area contributed by atoms with E-state index in [2.05, 4.69) is 4.72 Å². The van der Waals surface area contributed by atoms with Gasteiger partial charge in [-0.1, -0.05) is 11.6 Å². The van der Waals surface area contributed by atoms with Gasteiger partial charge in [0.2, 0.25) is 0 Å². The molecular formula is C15H13ClN2O5S. The Labute approximate surface area is 142 Å². The van der Waals surface area contributed by atoms with Crippen LogP contribution < -0.4 is 15.2 Å². The molecule has 24 heavy (non-hydrogen) atoms. The van der Waals surface area contributed by atoms with Gasteiger partial charge in [-0.15, -0.1) is 0 Å². The maximum Gasteiger partial charge on any atom is 0.419 e. The molecule has 0 bridgehead atoms. The van der Waals surface area contributed by atoms with Crippen LogP contribution >= 0.6 is 11.6 Å². The highest BCUT2D eigenvalue weighted by atomic mass is 35.5. The number of aromatic nitrogens is 1.